The molecule has 11 heteroatoms. The molecule has 5 aromatic rings. The average molecular weight is 814 g/mol. The van der Waals surface area contributed by atoms with E-state index in [9.17, 15) is 5.53 Å². The molecule has 2 heterocycles. The lowest BCUT2D eigenvalue weighted by atomic mass is 9.97. The van der Waals surface area contributed by atoms with Crippen LogP contribution in [0.1, 0.15) is 48.1 Å². The minimum Gasteiger partial charge on any atom is -0.374 e. The van der Waals surface area contributed by atoms with Crippen LogP contribution in [0.25, 0.3) is 10.4 Å². The molecule has 0 N–H and O–H groups in total. The van der Waals surface area contributed by atoms with Gasteiger partial charge in [0, 0.05) is 4.91 Å². The highest BCUT2D eigenvalue weighted by Crippen LogP contribution is 2.36. The molecule has 0 radical (unpaired) electrons. The fourth-order valence-corrected chi connectivity index (χ4v) is 7.70. The van der Waals surface area contributed by atoms with E-state index in [4.69, 9.17) is 37.9 Å². The van der Waals surface area contributed by atoms with Gasteiger partial charge in [-0.05, 0) is 60.0 Å². The molecule has 2 saturated heterocycles. The van der Waals surface area contributed by atoms with Gasteiger partial charge in [-0.25, -0.2) is 0 Å². The number of aryl methyl sites for hydroxylation is 1. The third kappa shape index (κ3) is 12.6. The normalized spacial score (nSPS) is 24.1. The first-order chi connectivity index (χ1) is 29.4. The van der Waals surface area contributed by atoms with Crippen LogP contribution < -0.4 is 0 Å². The first-order valence-electron chi connectivity index (χ1n) is 20.7. The van der Waals surface area contributed by atoms with Gasteiger partial charge in [0.1, 0.15) is 24.4 Å². The summed E-state index contributed by atoms with van der Waals surface area (Å²) in [7, 11) is 0. The predicted octanol–water partition coefficient (Wildman–Crippen LogP) is 9.53. The maximum Gasteiger partial charge on any atom is 0.186 e. The summed E-state index contributed by atoms with van der Waals surface area (Å²) in [5.74, 6) is -0.890. The summed E-state index contributed by atoms with van der Waals surface area (Å²) in [5.41, 5.74) is 15.0. The molecule has 5 unspecified atom stereocenters. The first kappa shape index (κ1) is 43.2. The summed E-state index contributed by atoms with van der Waals surface area (Å²) in [6.45, 7) is 5.12. The van der Waals surface area contributed by atoms with E-state index in [2.05, 4.69) is 22.2 Å². The zero-order valence-corrected chi connectivity index (χ0v) is 34.3. The van der Waals surface area contributed by atoms with Gasteiger partial charge in [-0.2, -0.15) is 0 Å². The van der Waals surface area contributed by atoms with Crippen LogP contribution in [0, 0.1) is 0 Å². The van der Waals surface area contributed by atoms with Gasteiger partial charge in [0.2, 0.25) is 0 Å². The lowest BCUT2D eigenvalue weighted by Gasteiger charge is -2.46. The highest BCUT2D eigenvalue weighted by Gasteiger charge is 2.50. The number of nitrogens with zero attached hydrogens (tertiary/aromatic N) is 3. The smallest absolute Gasteiger partial charge is 0.186 e. The zero-order chi connectivity index (χ0) is 41.4. The van der Waals surface area contributed by atoms with Gasteiger partial charge < -0.3 is 37.9 Å². The fraction of sp³-hybridized carbons (Fsp3) is 0.388. The molecule has 60 heavy (non-hydrogen) atoms. The summed E-state index contributed by atoms with van der Waals surface area (Å²) >= 11 is 0. The highest BCUT2D eigenvalue weighted by molar-refractivity contribution is 5.17. The Morgan fingerprint density at radius 1 is 0.567 bits per heavy atom. The number of benzene rings is 5. The molecule has 0 aromatic heterocycles. The highest BCUT2D eigenvalue weighted by atomic mass is 16.8. The van der Waals surface area contributed by atoms with Crippen molar-refractivity contribution >= 4 is 0 Å². The van der Waals surface area contributed by atoms with E-state index in [1.165, 1.54) is 5.56 Å². The Bertz CT molecular complexity index is 2020. The topological polar surface area (TPSA) is 123 Å². The van der Waals surface area contributed by atoms with Crippen LogP contribution in [0.15, 0.2) is 157 Å². The van der Waals surface area contributed by atoms with Crippen LogP contribution in [0.5, 0.6) is 0 Å². The minimum atomic E-state index is -0.981. The monoisotopic (exact) mass is 813 g/mol. The predicted molar refractivity (Wildman–Crippen MR) is 227 cm³/mol. The first-order valence-corrected chi connectivity index (χ1v) is 20.7. The molecule has 0 saturated carbocycles. The van der Waals surface area contributed by atoms with Crippen molar-refractivity contribution < 1.29 is 37.9 Å². The molecule has 2 aliphatic heterocycles. The standard InChI is InChI=1S/C49H55N3O8/c1-49(2)59-42(29-28-36-18-8-3-9-19-36)44(60-49)41(51-52-50)34-57-48-47(56-33-40-26-16-7-17-27-40)46(55-32-39-24-14-6-15-25-39)45(54-31-38-22-12-5-13-23-38)43(58-48)35-53-30-37-20-10-4-11-21-37/h3-27,41-48H,28-35H2,1-2H3/t41-,42+,43?,44-,45?,46?,47?,48?/m0/s1. The van der Waals surface area contributed by atoms with Crippen LogP contribution >= 0.6 is 0 Å². The van der Waals surface area contributed by atoms with Crippen molar-refractivity contribution in [3.8, 4) is 0 Å². The molecule has 314 valence electrons. The Kier molecular flexibility index (Phi) is 15.9. The number of ether oxygens (including phenoxy) is 8. The van der Waals surface area contributed by atoms with Crippen LogP contribution in [-0.2, 0) is 70.7 Å². The second kappa shape index (κ2) is 22.1. The molecule has 2 aliphatic rings. The molecule has 5 aromatic carbocycles. The Labute approximate surface area is 353 Å². The van der Waals surface area contributed by atoms with Gasteiger partial charge in [-0.1, -0.05) is 157 Å². The van der Waals surface area contributed by atoms with Crippen molar-refractivity contribution in [1.29, 1.82) is 0 Å². The van der Waals surface area contributed by atoms with E-state index in [1.54, 1.807) is 0 Å². The van der Waals surface area contributed by atoms with Crippen LogP contribution in [0.2, 0.25) is 0 Å². The summed E-state index contributed by atoms with van der Waals surface area (Å²) < 4.78 is 53.3. The van der Waals surface area contributed by atoms with E-state index < -0.39 is 48.6 Å². The fourth-order valence-electron chi connectivity index (χ4n) is 7.70. The number of rotatable bonds is 21. The maximum absolute atomic E-state index is 9.86. The Morgan fingerprint density at radius 3 is 1.55 bits per heavy atom. The SMILES string of the molecule is CC1(C)O[C@@H]([C@H](COC2OC(COCc3ccccc3)C(OCc3ccccc3)C(OCc3ccccc3)C2OCc2ccccc2)N=[N+]=[N-])[C@@H](CCc2ccccc2)O1. The molecule has 0 aliphatic carbocycles. The Hall–Kier alpha value is -4.91. The second-order valence-corrected chi connectivity index (χ2v) is 15.6. The van der Waals surface area contributed by atoms with E-state index in [-0.39, 0.29) is 25.9 Å². The van der Waals surface area contributed by atoms with Crippen molar-refractivity contribution in [3.05, 3.63) is 190 Å². The number of hydrogen-bond donors (Lipinski definition) is 0. The number of azide groups is 1. The van der Waals surface area contributed by atoms with Gasteiger partial charge in [0.05, 0.1) is 57.9 Å². The molecular formula is C49H55N3O8. The molecule has 7 rings (SSSR count). The molecule has 0 bridgehead atoms. The molecular weight excluding hydrogens is 759 g/mol. The third-order valence-electron chi connectivity index (χ3n) is 10.6. The quantitative estimate of drug-likeness (QED) is 0.0408. The summed E-state index contributed by atoms with van der Waals surface area (Å²) in [6, 6.07) is 49.4. The van der Waals surface area contributed by atoms with Crippen LogP contribution in [0.3, 0.4) is 0 Å². The van der Waals surface area contributed by atoms with E-state index >= 15 is 0 Å². The molecule has 0 amide bonds. The lowest BCUT2D eigenvalue weighted by Crippen LogP contribution is -2.62. The number of hydrogen-bond acceptors (Lipinski definition) is 9. The van der Waals surface area contributed by atoms with E-state index in [0.717, 1.165) is 28.7 Å². The molecule has 2 fully saturated rings. The van der Waals surface area contributed by atoms with Gasteiger partial charge in [0.15, 0.2) is 12.1 Å². The zero-order valence-electron chi connectivity index (χ0n) is 34.3. The van der Waals surface area contributed by atoms with Crippen molar-refractivity contribution in [3.63, 3.8) is 0 Å². The van der Waals surface area contributed by atoms with Crippen LogP contribution in [-0.4, -0.2) is 68.0 Å². The van der Waals surface area contributed by atoms with Crippen LogP contribution in [0.4, 0.5) is 0 Å². The summed E-state index contributed by atoms with van der Waals surface area (Å²) in [5, 5.41) is 4.23. The third-order valence-corrected chi connectivity index (χ3v) is 10.6. The summed E-state index contributed by atoms with van der Waals surface area (Å²) in [4.78, 5) is 3.24. The van der Waals surface area contributed by atoms with Gasteiger partial charge in [0.25, 0.3) is 0 Å². The second-order valence-electron chi connectivity index (χ2n) is 15.6. The molecule has 11 nitrogen and oxygen atoms in total. The van der Waals surface area contributed by atoms with Crippen molar-refractivity contribution in [2.24, 2.45) is 5.11 Å². The average Bonchev–Trinajstić information content (AvgIpc) is 3.60. The van der Waals surface area contributed by atoms with E-state index in [1.807, 2.05) is 153 Å². The Balaban J connectivity index is 1.18. The van der Waals surface area contributed by atoms with Gasteiger partial charge in [-0.3, -0.25) is 0 Å². The van der Waals surface area contributed by atoms with E-state index in [0.29, 0.717) is 26.2 Å². The summed E-state index contributed by atoms with van der Waals surface area (Å²) in [6.07, 6.45) is -3.21. The van der Waals surface area contributed by atoms with Gasteiger partial charge in [-0.15, -0.1) is 0 Å². The maximum atomic E-state index is 9.86. The van der Waals surface area contributed by atoms with Gasteiger partial charge >= 0.3 is 0 Å². The molecule has 8 atom stereocenters. The Morgan fingerprint density at radius 2 is 1.03 bits per heavy atom. The molecule has 0 spiro atoms. The largest absolute Gasteiger partial charge is 0.374 e. The minimum absolute atomic E-state index is 0.0373. The van der Waals surface area contributed by atoms with Crippen molar-refractivity contribution in [2.75, 3.05) is 13.2 Å². The lowest BCUT2D eigenvalue weighted by molar-refractivity contribution is -0.329. The van der Waals surface area contributed by atoms with Crippen molar-refractivity contribution in [2.45, 2.75) is 108 Å². The van der Waals surface area contributed by atoms with Crippen molar-refractivity contribution in [1.82, 2.24) is 0 Å².